The molecule has 0 aromatic rings. The average Bonchev–Trinajstić information content (AvgIpc) is 2.74. The predicted molar refractivity (Wildman–Crippen MR) is 67.2 cm³/mol. The number of ketones is 1. The topological polar surface area (TPSA) is 17.1 Å². The van der Waals surface area contributed by atoms with E-state index < -0.39 is 0 Å². The Kier molecular flexibility index (Phi) is 3.42. The van der Waals surface area contributed by atoms with Gasteiger partial charge >= 0.3 is 0 Å². The van der Waals surface area contributed by atoms with Crippen molar-refractivity contribution in [2.45, 2.75) is 44.9 Å². The molecule has 2 rings (SSSR count). The van der Waals surface area contributed by atoms with Crippen LogP contribution < -0.4 is 0 Å². The first-order chi connectivity index (χ1) is 7.76. The largest absolute Gasteiger partial charge is 0.290 e. The van der Waals surface area contributed by atoms with Gasteiger partial charge in [-0.3, -0.25) is 4.79 Å². The van der Waals surface area contributed by atoms with Crippen LogP contribution in [0.25, 0.3) is 0 Å². The molecule has 0 aromatic heterocycles. The summed E-state index contributed by atoms with van der Waals surface area (Å²) in [6, 6.07) is 0. The molecular weight excluding hydrogens is 196 g/mol. The molecule has 0 unspecified atom stereocenters. The average molecular weight is 216 g/mol. The summed E-state index contributed by atoms with van der Waals surface area (Å²) in [5.41, 5.74) is 1.51. The molecule has 0 aromatic carbocycles. The molecule has 0 radical (unpaired) electrons. The third-order valence-corrected chi connectivity index (χ3v) is 4.00. The molecular formula is C15H20O. The summed E-state index contributed by atoms with van der Waals surface area (Å²) in [5, 5.41) is 0. The van der Waals surface area contributed by atoms with E-state index in [1.807, 2.05) is 0 Å². The van der Waals surface area contributed by atoms with Crippen LogP contribution in [0.5, 0.6) is 0 Å². The van der Waals surface area contributed by atoms with Crippen LogP contribution in [0.3, 0.4) is 0 Å². The first-order valence-electron chi connectivity index (χ1n) is 6.28. The van der Waals surface area contributed by atoms with Gasteiger partial charge in [-0.15, -0.1) is 0 Å². The number of carbonyl (C=O) groups is 1. The van der Waals surface area contributed by atoms with Crippen LogP contribution in [0, 0.1) is 5.41 Å². The SMILES string of the molecule is C=C/C=C/C(=O)C1=CCCC2(CCCC2)C1. The summed E-state index contributed by atoms with van der Waals surface area (Å²) < 4.78 is 0. The van der Waals surface area contributed by atoms with E-state index in [0.29, 0.717) is 5.41 Å². The normalized spacial score (nSPS) is 23.6. The van der Waals surface area contributed by atoms with Crippen molar-refractivity contribution in [1.82, 2.24) is 0 Å². The fraction of sp³-hybridized carbons (Fsp3) is 0.533. The maximum absolute atomic E-state index is 11.9. The van der Waals surface area contributed by atoms with Crippen molar-refractivity contribution >= 4 is 5.78 Å². The van der Waals surface area contributed by atoms with Crippen LogP contribution in [0.15, 0.2) is 36.5 Å². The van der Waals surface area contributed by atoms with E-state index >= 15 is 0 Å². The lowest BCUT2D eigenvalue weighted by Gasteiger charge is -2.32. The van der Waals surface area contributed by atoms with E-state index in [9.17, 15) is 4.79 Å². The second-order valence-electron chi connectivity index (χ2n) is 5.11. The zero-order valence-corrected chi connectivity index (χ0v) is 9.87. The molecule has 0 bridgehead atoms. The molecule has 2 aliphatic carbocycles. The van der Waals surface area contributed by atoms with Gasteiger partial charge < -0.3 is 0 Å². The summed E-state index contributed by atoms with van der Waals surface area (Å²) in [6.45, 7) is 3.59. The molecule has 0 saturated heterocycles. The quantitative estimate of drug-likeness (QED) is 0.515. The van der Waals surface area contributed by atoms with Crippen LogP contribution in [0.1, 0.15) is 44.9 Å². The smallest absolute Gasteiger partial charge is 0.181 e. The van der Waals surface area contributed by atoms with E-state index in [0.717, 1.165) is 18.4 Å². The number of hydrogen-bond acceptors (Lipinski definition) is 1. The van der Waals surface area contributed by atoms with Gasteiger partial charge in [-0.25, -0.2) is 0 Å². The fourth-order valence-electron chi connectivity index (χ4n) is 3.12. The number of hydrogen-bond donors (Lipinski definition) is 0. The first-order valence-corrected chi connectivity index (χ1v) is 6.28. The van der Waals surface area contributed by atoms with E-state index in [4.69, 9.17) is 0 Å². The lowest BCUT2D eigenvalue weighted by atomic mass is 9.72. The maximum atomic E-state index is 11.9. The molecule has 1 fully saturated rings. The molecule has 0 aliphatic heterocycles. The highest BCUT2D eigenvalue weighted by molar-refractivity contribution is 6.04. The molecule has 0 N–H and O–H groups in total. The number of carbonyl (C=O) groups excluding carboxylic acids is 1. The van der Waals surface area contributed by atoms with E-state index in [1.54, 1.807) is 18.2 Å². The summed E-state index contributed by atoms with van der Waals surface area (Å²) >= 11 is 0. The van der Waals surface area contributed by atoms with Crippen LogP contribution in [-0.2, 0) is 4.79 Å². The molecule has 1 nitrogen and oxygen atoms in total. The van der Waals surface area contributed by atoms with Crippen LogP contribution in [-0.4, -0.2) is 5.78 Å². The van der Waals surface area contributed by atoms with Crippen molar-refractivity contribution in [3.63, 3.8) is 0 Å². The lowest BCUT2D eigenvalue weighted by molar-refractivity contribution is -0.111. The van der Waals surface area contributed by atoms with Gasteiger partial charge in [0, 0.05) is 0 Å². The molecule has 86 valence electrons. The Morgan fingerprint density at radius 1 is 1.31 bits per heavy atom. The van der Waals surface area contributed by atoms with Gasteiger partial charge in [0.2, 0.25) is 0 Å². The fourth-order valence-corrected chi connectivity index (χ4v) is 3.12. The first kappa shape index (κ1) is 11.4. The van der Waals surface area contributed by atoms with Crippen molar-refractivity contribution in [3.8, 4) is 0 Å². The Labute approximate surface area is 97.9 Å². The zero-order chi connectivity index (χ0) is 11.4. The standard InChI is InChI=1S/C15H20O/c1-2-3-8-14(16)13-7-6-11-15(12-13)9-4-5-10-15/h2-3,7-8H,1,4-6,9-12H2/b8-3+. The molecule has 16 heavy (non-hydrogen) atoms. The number of rotatable bonds is 3. The van der Waals surface area contributed by atoms with Gasteiger partial charge in [0.25, 0.3) is 0 Å². The Bertz CT molecular complexity index is 340. The number of allylic oxidation sites excluding steroid dienone is 5. The predicted octanol–water partition coefficient (Wildman–Crippen LogP) is 3.97. The van der Waals surface area contributed by atoms with Crippen molar-refractivity contribution in [2.24, 2.45) is 5.41 Å². The minimum atomic E-state index is 0.186. The molecule has 0 amide bonds. The van der Waals surface area contributed by atoms with Crippen molar-refractivity contribution < 1.29 is 4.79 Å². The lowest BCUT2D eigenvalue weighted by Crippen LogP contribution is -2.22. The minimum Gasteiger partial charge on any atom is -0.290 e. The van der Waals surface area contributed by atoms with Gasteiger partial charge in [0.15, 0.2) is 5.78 Å². The van der Waals surface area contributed by atoms with E-state index in [-0.39, 0.29) is 5.78 Å². The van der Waals surface area contributed by atoms with E-state index in [1.165, 1.54) is 32.1 Å². The van der Waals surface area contributed by atoms with Crippen molar-refractivity contribution in [2.75, 3.05) is 0 Å². The summed E-state index contributed by atoms with van der Waals surface area (Å²) in [7, 11) is 0. The highest BCUT2D eigenvalue weighted by Crippen LogP contribution is 2.49. The molecule has 0 atom stereocenters. The van der Waals surface area contributed by atoms with Crippen molar-refractivity contribution in [1.29, 1.82) is 0 Å². The molecule has 1 spiro atoms. The third kappa shape index (κ3) is 2.34. The third-order valence-electron chi connectivity index (χ3n) is 4.00. The summed E-state index contributed by atoms with van der Waals surface area (Å²) in [4.78, 5) is 11.9. The monoisotopic (exact) mass is 216 g/mol. The van der Waals surface area contributed by atoms with E-state index in [2.05, 4.69) is 12.7 Å². The van der Waals surface area contributed by atoms with Crippen LogP contribution in [0.4, 0.5) is 0 Å². The second-order valence-corrected chi connectivity index (χ2v) is 5.11. The molecule has 2 aliphatic rings. The van der Waals surface area contributed by atoms with Gasteiger partial charge in [-0.05, 0) is 49.2 Å². The highest BCUT2D eigenvalue weighted by atomic mass is 16.1. The van der Waals surface area contributed by atoms with Gasteiger partial charge in [0.1, 0.15) is 0 Å². The summed E-state index contributed by atoms with van der Waals surface area (Å²) in [6.07, 6.45) is 15.9. The maximum Gasteiger partial charge on any atom is 0.181 e. The van der Waals surface area contributed by atoms with Gasteiger partial charge in [-0.1, -0.05) is 37.6 Å². The molecule has 1 saturated carbocycles. The Hall–Kier alpha value is -1.11. The highest BCUT2D eigenvalue weighted by Gasteiger charge is 2.36. The Balaban J connectivity index is 2.06. The van der Waals surface area contributed by atoms with Crippen LogP contribution in [0.2, 0.25) is 0 Å². The summed E-state index contributed by atoms with van der Waals surface area (Å²) in [5.74, 6) is 0.186. The van der Waals surface area contributed by atoms with Crippen molar-refractivity contribution in [3.05, 3.63) is 36.5 Å². The molecule has 1 heteroatoms. The van der Waals surface area contributed by atoms with Crippen LogP contribution >= 0.6 is 0 Å². The van der Waals surface area contributed by atoms with Gasteiger partial charge in [0.05, 0.1) is 0 Å². The van der Waals surface area contributed by atoms with Gasteiger partial charge in [-0.2, -0.15) is 0 Å². The second kappa shape index (κ2) is 4.82. The Morgan fingerprint density at radius 2 is 2.06 bits per heavy atom. The Morgan fingerprint density at radius 3 is 2.75 bits per heavy atom. The minimum absolute atomic E-state index is 0.186. The zero-order valence-electron chi connectivity index (χ0n) is 9.87. The molecule has 0 heterocycles.